The largest absolute Gasteiger partial charge is 0.481 e. The second-order valence-electron chi connectivity index (χ2n) is 3.74. The van der Waals surface area contributed by atoms with Crippen LogP contribution in [-0.4, -0.2) is 35.0 Å². The number of carbonyl (C=O) groups is 1. The Morgan fingerprint density at radius 3 is 2.68 bits per heavy atom. The number of alkyl halides is 4. The Kier molecular flexibility index (Phi) is 5.24. The molecule has 0 aliphatic rings. The smallest absolute Gasteiger partial charge is 0.330 e. The van der Waals surface area contributed by atoms with Gasteiger partial charge in [0.2, 0.25) is 0 Å². The summed E-state index contributed by atoms with van der Waals surface area (Å²) in [7, 11) is 0. The first kappa shape index (κ1) is 15.8. The van der Waals surface area contributed by atoms with Gasteiger partial charge in [0.25, 0.3) is 0 Å². The summed E-state index contributed by atoms with van der Waals surface area (Å²) < 4.78 is 53.2. The number of aryl methyl sites for hydroxylation is 1. The third kappa shape index (κ3) is 4.75. The Balaban J connectivity index is 2.53. The minimum atomic E-state index is -4.20. The van der Waals surface area contributed by atoms with Crippen LogP contribution in [0.5, 0.6) is 0 Å². The number of carboxylic acid groups (broad SMARTS) is 1. The maximum absolute atomic E-state index is 12.5. The van der Waals surface area contributed by atoms with Crippen LogP contribution in [0.1, 0.15) is 15.6 Å². The van der Waals surface area contributed by atoms with Crippen LogP contribution in [0.4, 0.5) is 17.6 Å². The molecule has 0 aliphatic heterocycles. The maximum Gasteiger partial charge on any atom is 0.330 e. The Bertz CT molecular complexity index is 450. The third-order valence-electron chi connectivity index (χ3n) is 2.09. The van der Waals surface area contributed by atoms with Crippen LogP contribution in [0.25, 0.3) is 0 Å². The standard InChI is InChI=1S/C10H11F4NO3S/c1-5-6(2-8(16)17)19-7(15-5)3-18-4-10(13,14)9(11)12/h9H,2-4H2,1H3,(H,16,17). The van der Waals surface area contributed by atoms with E-state index >= 15 is 0 Å². The Morgan fingerprint density at radius 1 is 1.53 bits per heavy atom. The van der Waals surface area contributed by atoms with E-state index in [2.05, 4.69) is 9.72 Å². The molecule has 108 valence electrons. The van der Waals surface area contributed by atoms with Crippen LogP contribution in [0, 0.1) is 6.92 Å². The third-order valence-corrected chi connectivity index (χ3v) is 3.22. The minimum absolute atomic E-state index is 0.226. The highest BCUT2D eigenvalue weighted by Crippen LogP contribution is 2.24. The van der Waals surface area contributed by atoms with Crippen molar-refractivity contribution in [3.63, 3.8) is 0 Å². The van der Waals surface area contributed by atoms with Gasteiger partial charge in [0, 0.05) is 4.88 Å². The Morgan fingerprint density at radius 2 is 2.16 bits per heavy atom. The lowest BCUT2D eigenvalue weighted by Gasteiger charge is -2.14. The average Bonchev–Trinajstić information content (AvgIpc) is 2.58. The predicted molar refractivity (Wildman–Crippen MR) is 58.8 cm³/mol. The molecule has 0 atom stereocenters. The van der Waals surface area contributed by atoms with E-state index in [1.54, 1.807) is 6.92 Å². The molecule has 1 rings (SSSR count). The second kappa shape index (κ2) is 6.29. The lowest BCUT2D eigenvalue weighted by molar-refractivity contribution is -0.168. The molecule has 0 amide bonds. The molecular weight excluding hydrogens is 290 g/mol. The lowest BCUT2D eigenvalue weighted by atomic mass is 10.3. The summed E-state index contributed by atoms with van der Waals surface area (Å²) in [4.78, 5) is 14.9. The second-order valence-corrected chi connectivity index (χ2v) is 4.91. The maximum atomic E-state index is 12.5. The summed E-state index contributed by atoms with van der Waals surface area (Å²) in [5.41, 5.74) is 0.464. The number of aliphatic carboxylic acids is 1. The number of nitrogens with zero attached hydrogens (tertiary/aromatic N) is 1. The van der Waals surface area contributed by atoms with E-state index in [9.17, 15) is 22.4 Å². The van der Waals surface area contributed by atoms with Crippen molar-refractivity contribution in [1.82, 2.24) is 4.98 Å². The highest BCUT2D eigenvalue weighted by molar-refractivity contribution is 7.11. The first-order valence-electron chi connectivity index (χ1n) is 5.13. The monoisotopic (exact) mass is 301 g/mol. The van der Waals surface area contributed by atoms with Gasteiger partial charge in [0.05, 0.1) is 18.7 Å². The van der Waals surface area contributed by atoms with Crippen LogP contribution < -0.4 is 0 Å². The fraction of sp³-hybridized carbons (Fsp3) is 0.600. The molecular formula is C10H11F4NO3S. The summed E-state index contributed by atoms with van der Waals surface area (Å²) >= 11 is 0.997. The normalized spacial score (nSPS) is 12.1. The number of rotatable bonds is 7. The van der Waals surface area contributed by atoms with Gasteiger partial charge in [0.1, 0.15) is 11.6 Å². The van der Waals surface area contributed by atoms with Crippen LogP contribution in [0.15, 0.2) is 0 Å². The van der Waals surface area contributed by atoms with E-state index in [4.69, 9.17) is 5.11 Å². The highest BCUT2D eigenvalue weighted by Gasteiger charge is 2.41. The predicted octanol–water partition coefficient (Wildman–Crippen LogP) is 2.50. The average molecular weight is 301 g/mol. The molecule has 0 aliphatic carbocycles. The fourth-order valence-corrected chi connectivity index (χ4v) is 2.19. The van der Waals surface area contributed by atoms with E-state index in [0.29, 0.717) is 10.6 Å². The number of hydrogen-bond acceptors (Lipinski definition) is 4. The first-order chi connectivity index (χ1) is 8.72. The summed E-state index contributed by atoms with van der Waals surface area (Å²) in [5.74, 6) is -5.24. The zero-order valence-corrected chi connectivity index (χ0v) is 10.6. The van der Waals surface area contributed by atoms with Crippen molar-refractivity contribution in [3.05, 3.63) is 15.6 Å². The topological polar surface area (TPSA) is 59.4 Å². The number of aromatic nitrogens is 1. The molecule has 4 nitrogen and oxygen atoms in total. The van der Waals surface area contributed by atoms with Crippen molar-refractivity contribution in [2.45, 2.75) is 32.3 Å². The summed E-state index contributed by atoms with van der Waals surface area (Å²) in [6.07, 6.45) is -4.01. The molecule has 0 unspecified atom stereocenters. The summed E-state index contributed by atoms with van der Waals surface area (Å²) in [6, 6.07) is 0. The first-order valence-corrected chi connectivity index (χ1v) is 5.94. The molecule has 1 aromatic heterocycles. The van der Waals surface area contributed by atoms with E-state index in [1.807, 2.05) is 0 Å². The Hall–Kier alpha value is -1.22. The van der Waals surface area contributed by atoms with E-state index < -0.39 is 24.9 Å². The molecule has 0 aromatic carbocycles. The quantitative estimate of drug-likeness (QED) is 0.786. The van der Waals surface area contributed by atoms with Crippen LogP contribution >= 0.6 is 11.3 Å². The van der Waals surface area contributed by atoms with E-state index in [-0.39, 0.29) is 18.0 Å². The van der Waals surface area contributed by atoms with E-state index in [0.717, 1.165) is 11.3 Å². The van der Waals surface area contributed by atoms with Gasteiger partial charge < -0.3 is 9.84 Å². The van der Waals surface area contributed by atoms with Gasteiger partial charge in [-0.05, 0) is 6.92 Å². The van der Waals surface area contributed by atoms with E-state index in [1.165, 1.54) is 0 Å². The van der Waals surface area contributed by atoms with Gasteiger partial charge in [-0.2, -0.15) is 8.78 Å². The van der Waals surface area contributed by atoms with Gasteiger partial charge in [0.15, 0.2) is 0 Å². The van der Waals surface area contributed by atoms with Gasteiger partial charge in [-0.15, -0.1) is 11.3 Å². The molecule has 0 radical (unpaired) electrons. The molecule has 0 fully saturated rings. The highest BCUT2D eigenvalue weighted by atomic mass is 32.1. The van der Waals surface area contributed by atoms with Crippen molar-refractivity contribution in [2.75, 3.05) is 6.61 Å². The molecule has 0 spiro atoms. The lowest BCUT2D eigenvalue weighted by Crippen LogP contribution is -2.32. The fourth-order valence-electron chi connectivity index (χ4n) is 1.19. The number of halogens is 4. The zero-order chi connectivity index (χ0) is 14.6. The summed E-state index contributed by atoms with van der Waals surface area (Å²) in [5, 5.41) is 8.89. The molecule has 0 saturated heterocycles. The van der Waals surface area contributed by atoms with Crippen LogP contribution in [0.3, 0.4) is 0 Å². The summed E-state index contributed by atoms with van der Waals surface area (Å²) in [6.45, 7) is -0.184. The molecule has 19 heavy (non-hydrogen) atoms. The van der Waals surface area contributed by atoms with Gasteiger partial charge >= 0.3 is 18.3 Å². The van der Waals surface area contributed by atoms with Gasteiger partial charge in [-0.1, -0.05) is 0 Å². The van der Waals surface area contributed by atoms with Crippen molar-refractivity contribution in [2.24, 2.45) is 0 Å². The van der Waals surface area contributed by atoms with Gasteiger partial charge in [-0.3, -0.25) is 4.79 Å². The number of hydrogen-bond donors (Lipinski definition) is 1. The number of thiazole rings is 1. The van der Waals surface area contributed by atoms with Crippen molar-refractivity contribution >= 4 is 17.3 Å². The van der Waals surface area contributed by atoms with Crippen molar-refractivity contribution < 1.29 is 32.2 Å². The minimum Gasteiger partial charge on any atom is -0.481 e. The van der Waals surface area contributed by atoms with Crippen LogP contribution in [0.2, 0.25) is 0 Å². The molecule has 9 heteroatoms. The van der Waals surface area contributed by atoms with Gasteiger partial charge in [-0.25, -0.2) is 13.8 Å². The molecule has 0 bridgehead atoms. The molecule has 1 aromatic rings. The molecule has 1 N–H and O–H groups in total. The zero-order valence-electron chi connectivity index (χ0n) is 9.83. The van der Waals surface area contributed by atoms with Crippen molar-refractivity contribution in [1.29, 1.82) is 0 Å². The molecule has 1 heterocycles. The van der Waals surface area contributed by atoms with Crippen LogP contribution in [-0.2, 0) is 22.6 Å². The SMILES string of the molecule is Cc1nc(COCC(F)(F)C(F)F)sc1CC(=O)O. The van der Waals surface area contributed by atoms with Crippen molar-refractivity contribution in [3.8, 4) is 0 Å². The Labute approximate surface area is 110 Å². The number of carboxylic acids is 1. The number of ether oxygens (including phenoxy) is 1. The molecule has 0 saturated carbocycles.